The van der Waals surface area contributed by atoms with E-state index in [2.05, 4.69) is 21.4 Å². The van der Waals surface area contributed by atoms with Crippen LogP contribution in [0.25, 0.3) is 21.8 Å². The first-order chi connectivity index (χ1) is 15.5. The quantitative estimate of drug-likeness (QED) is 0.379. The molecule has 1 fully saturated rings. The number of hydrogen-bond acceptors (Lipinski definition) is 7. The molecule has 0 saturated carbocycles. The number of rotatable bonds is 6. The van der Waals surface area contributed by atoms with E-state index in [1.807, 2.05) is 6.07 Å². The van der Waals surface area contributed by atoms with Crippen molar-refractivity contribution in [3.63, 3.8) is 0 Å². The van der Waals surface area contributed by atoms with Gasteiger partial charge in [-0.05, 0) is 23.7 Å². The lowest BCUT2D eigenvalue weighted by Crippen LogP contribution is -2.36. The third-order valence-electron chi connectivity index (χ3n) is 4.82. The van der Waals surface area contributed by atoms with Gasteiger partial charge in [0.1, 0.15) is 0 Å². The standard InChI is InChI=1S/C21H19Cl2N5O3S/c1-2-8-28(21(29)30)15-5-3-4-13(16(15)22)17-18(14-6-7-24-19(23)25-14)32-20(26-17)27-9-11-31-12-10-27/h2-7H,1,8-12H2,(H,29,30). The van der Waals surface area contributed by atoms with Crippen LogP contribution in [-0.2, 0) is 4.74 Å². The molecular weight excluding hydrogens is 473 g/mol. The Kier molecular flexibility index (Phi) is 6.90. The summed E-state index contributed by atoms with van der Waals surface area (Å²) in [5, 5.41) is 10.8. The number of nitrogens with zero attached hydrogens (tertiary/aromatic N) is 5. The molecule has 1 aliphatic rings. The van der Waals surface area contributed by atoms with Crippen molar-refractivity contribution in [3.8, 4) is 21.8 Å². The van der Waals surface area contributed by atoms with Crippen LogP contribution in [0.1, 0.15) is 0 Å². The number of amides is 1. The van der Waals surface area contributed by atoms with E-state index in [1.54, 1.807) is 24.4 Å². The van der Waals surface area contributed by atoms with Crippen molar-refractivity contribution >= 4 is 51.5 Å². The number of morpholine rings is 1. The molecule has 8 nitrogen and oxygen atoms in total. The highest BCUT2D eigenvalue weighted by Crippen LogP contribution is 2.44. The Hall–Kier alpha value is -2.72. The number of anilines is 2. The van der Waals surface area contributed by atoms with Crippen molar-refractivity contribution in [1.29, 1.82) is 0 Å². The van der Waals surface area contributed by atoms with Gasteiger partial charge in [-0.15, -0.1) is 6.58 Å². The second-order valence-electron chi connectivity index (χ2n) is 6.81. The number of hydrogen-bond donors (Lipinski definition) is 1. The minimum Gasteiger partial charge on any atom is -0.465 e. The summed E-state index contributed by atoms with van der Waals surface area (Å²) in [6.45, 7) is 6.41. The molecule has 0 spiro atoms. The second kappa shape index (κ2) is 9.83. The molecule has 0 unspecified atom stereocenters. The molecule has 0 bridgehead atoms. The lowest BCUT2D eigenvalue weighted by Gasteiger charge is -2.26. The number of ether oxygens (including phenoxy) is 1. The van der Waals surface area contributed by atoms with Crippen LogP contribution >= 0.6 is 34.5 Å². The molecule has 1 N–H and O–H groups in total. The van der Waals surface area contributed by atoms with Crippen molar-refractivity contribution in [2.24, 2.45) is 0 Å². The van der Waals surface area contributed by atoms with Gasteiger partial charge in [-0.2, -0.15) is 0 Å². The predicted octanol–water partition coefficient (Wildman–Crippen LogP) is 5.08. The van der Waals surface area contributed by atoms with E-state index in [0.29, 0.717) is 35.9 Å². The van der Waals surface area contributed by atoms with Crippen molar-refractivity contribution in [3.05, 3.63) is 53.4 Å². The topological polar surface area (TPSA) is 91.7 Å². The summed E-state index contributed by atoms with van der Waals surface area (Å²) in [7, 11) is 0. The molecule has 0 aliphatic carbocycles. The summed E-state index contributed by atoms with van der Waals surface area (Å²) in [6.07, 6.45) is 1.96. The van der Waals surface area contributed by atoms with Gasteiger partial charge >= 0.3 is 6.09 Å². The summed E-state index contributed by atoms with van der Waals surface area (Å²) in [4.78, 5) is 29.0. The van der Waals surface area contributed by atoms with Crippen LogP contribution in [0.3, 0.4) is 0 Å². The monoisotopic (exact) mass is 491 g/mol. The zero-order valence-electron chi connectivity index (χ0n) is 16.9. The third-order valence-corrected chi connectivity index (χ3v) is 6.54. The zero-order chi connectivity index (χ0) is 22.7. The van der Waals surface area contributed by atoms with Crippen LogP contribution in [0.4, 0.5) is 15.6 Å². The van der Waals surface area contributed by atoms with Gasteiger partial charge in [-0.1, -0.05) is 41.1 Å². The Balaban J connectivity index is 1.87. The van der Waals surface area contributed by atoms with Gasteiger partial charge in [0, 0.05) is 31.4 Å². The largest absolute Gasteiger partial charge is 0.465 e. The first-order valence-electron chi connectivity index (χ1n) is 9.72. The van der Waals surface area contributed by atoms with Gasteiger partial charge in [0.15, 0.2) is 5.13 Å². The Bertz CT molecular complexity index is 1150. The molecular formula is C21H19Cl2N5O3S. The van der Waals surface area contributed by atoms with Gasteiger partial charge in [0.2, 0.25) is 5.28 Å². The molecule has 4 rings (SSSR count). The number of carboxylic acid groups (broad SMARTS) is 1. The van der Waals surface area contributed by atoms with Gasteiger partial charge < -0.3 is 14.7 Å². The van der Waals surface area contributed by atoms with Crippen LogP contribution in [0.5, 0.6) is 0 Å². The fraction of sp³-hybridized carbons (Fsp3) is 0.238. The first-order valence-corrected chi connectivity index (χ1v) is 11.3. The minimum absolute atomic E-state index is 0.100. The molecule has 166 valence electrons. The van der Waals surface area contributed by atoms with E-state index < -0.39 is 6.09 Å². The van der Waals surface area contributed by atoms with Crippen LogP contribution < -0.4 is 9.80 Å². The molecule has 1 aromatic carbocycles. The Morgan fingerprint density at radius 3 is 2.75 bits per heavy atom. The lowest BCUT2D eigenvalue weighted by molar-refractivity contribution is 0.122. The summed E-state index contributed by atoms with van der Waals surface area (Å²) in [6, 6.07) is 6.97. The van der Waals surface area contributed by atoms with Crippen molar-refractivity contribution in [2.45, 2.75) is 0 Å². The van der Waals surface area contributed by atoms with Crippen molar-refractivity contribution < 1.29 is 14.6 Å². The fourth-order valence-electron chi connectivity index (χ4n) is 3.34. The summed E-state index contributed by atoms with van der Waals surface area (Å²) >= 11 is 14.2. The number of benzene rings is 1. The highest BCUT2D eigenvalue weighted by atomic mass is 35.5. The van der Waals surface area contributed by atoms with Crippen LogP contribution in [-0.4, -0.2) is 59.0 Å². The van der Waals surface area contributed by atoms with E-state index in [0.717, 1.165) is 28.0 Å². The van der Waals surface area contributed by atoms with Crippen molar-refractivity contribution in [2.75, 3.05) is 42.6 Å². The summed E-state index contributed by atoms with van der Waals surface area (Å²) in [5.74, 6) is 0. The van der Waals surface area contributed by atoms with Gasteiger partial charge in [-0.3, -0.25) is 4.90 Å². The molecule has 0 radical (unpaired) electrons. The number of carbonyl (C=O) groups is 1. The molecule has 2 aromatic heterocycles. The summed E-state index contributed by atoms with van der Waals surface area (Å²) < 4.78 is 5.46. The molecule has 1 amide bonds. The van der Waals surface area contributed by atoms with E-state index in [4.69, 9.17) is 32.9 Å². The zero-order valence-corrected chi connectivity index (χ0v) is 19.2. The fourth-order valence-corrected chi connectivity index (χ4v) is 4.90. The van der Waals surface area contributed by atoms with E-state index in [-0.39, 0.29) is 16.9 Å². The van der Waals surface area contributed by atoms with Gasteiger partial charge in [-0.25, -0.2) is 19.7 Å². The predicted molar refractivity (Wildman–Crippen MR) is 127 cm³/mol. The average Bonchev–Trinajstić information content (AvgIpc) is 3.24. The van der Waals surface area contributed by atoms with Crippen LogP contribution in [0, 0.1) is 0 Å². The molecule has 0 atom stereocenters. The van der Waals surface area contributed by atoms with E-state index in [1.165, 1.54) is 17.4 Å². The Labute approximate surface area is 198 Å². The number of thiazole rings is 1. The van der Waals surface area contributed by atoms with E-state index >= 15 is 0 Å². The Morgan fingerprint density at radius 2 is 2.06 bits per heavy atom. The molecule has 3 heterocycles. The number of halogens is 2. The summed E-state index contributed by atoms with van der Waals surface area (Å²) in [5.41, 5.74) is 2.16. The molecule has 1 aliphatic heterocycles. The molecule has 1 saturated heterocycles. The lowest BCUT2D eigenvalue weighted by atomic mass is 10.1. The highest BCUT2D eigenvalue weighted by molar-refractivity contribution is 7.19. The average molecular weight is 492 g/mol. The first kappa shape index (κ1) is 22.5. The Morgan fingerprint density at radius 1 is 1.28 bits per heavy atom. The molecule has 3 aromatic rings. The maximum absolute atomic E-state index is 11.8. The minimum atomic E-state index is -1.13. The number of aromatic nitrogens is 3. The maximum Gasteiger partial charge on any atom is 0.412 e. The SMILES string of the molecule is C=CCN(C(=O)O)c1cccc(-c2nc(N3CCOCC3)sc2-c2ccnc(Cl)n2)c1Cl. The molecule has 32 heavy (non-hydrogen) atoms. The highest BCUT2D eigenvalue weighted by Gasteiger charge is 2.25. The van der Waals surface area contributed by atoms with Gasteiger partial charge in [0.25, 0.3) is 0 Å². The van der Waals surface area contributed by atoms with Crippen molar-refractivity contribution in [1.82, 2.24) is 15.0 Å². The van der Waals surface area contributed by atoms with Crippen LogP contribution in [0.15, 0.2) is 43.1 Å². The second-order valence-corrected chi connectivity index (χ2v) is 8.50. The normalized spacial score (nSPS) is 13.8. The third kappa shape index (κ3) is 4.56. The van der Waals surface area contributed by atoms with Gasteiger partial charge in [0.05, 0.1) is 40.2 Å². The maximum atomic E-state index is 11.8. The molecule has 11 heteroatoms. The van der Waals surface area contributed by atoms with E-state index in [9.17, 15) is 9.90 Å². The smallest absolute Gasteiger partial charge is 0.412 e. The van der Waals surface area contributed by atoms with Crippen LogP contribution in [0.2, 0.25) is 10.3 Å².